The zero-order valence-electron chi connectivity index (χ0n) is 24.9. The Hall–Kier alpha value is -5.66. The first kappa shape index (κ1) is 30.4. The lowest BCUT2D eigenvalue weighted by Crippen LogP contribution is -2.60. The molecule has 2 amide bonds. The molecule has 4 bridgehead atoms. The van der Waals surface area contributed by atoms with Crippen LogP contribution in [0.4, 0.5) is 0 Å². The van der Waals surface area contributed by atoms with Gasteiger partial charge in [-0.2, -0.15) is 0 Å². The molecule has 0 aromatic heterocycles. The average molecular weight is 605 g/mol. The van der Waals surface area contributed by atoms with Crippen LogP contribution in [-0.4, -0.2) is 34.1 Å². The summed E-state index contributed by atoms with van der Waals surface area (Å²) < 4.78 is 0. The number of carbonyl (C=O) groups is 2. The number of carbonyl (C=O) groups excluding carboxylic acids is 2. The van der Waals surface area contributed by atoms with Gasteiger partial charge in [-0.3, -0.25) is 9.59 Å². The second-order valence-electron chi connectivity index (χ2n) is 11.3. The van der Waals surface area contributed by atoms with Crippen molar-refractivity contribution in [2.75, 3.05) is 0 Å². The molecule has 4 N–H and O–H groups in total. The molecule has 5 heterocycles. The lowest BCUT2D eigenvalue weighted by molar-refractivity contribution is -0.131. The summed E-state index contributed by atoms with van der Waals surface area (Å²) in [5.74, 6) is 11.0. The van der Waals surface area contributed by atoms with Gasteiger partial charge in [-0.15, -0.1) is 0 Å². The van der Waals surface area contributed by atoms with Gasteiger partial charge in [-0.25, -0.2) is 0 Å². The Labute approximate surface area is 268 Å². The monoisotopic (exact) mass is 604 g/mol. The summed E-state index contributed by atoms with van der Waals surface area (Å²) in [6.45, 7) is 0. The summed E-state index contributed by atoms with van der Waals surface area (Å²) in [6.07, 6.45) is 7.63. The summed E-state index contributed by atoms with van der Waals surface area (Å²) in [5.41, 5.74) is -0.420. The van der Waals surface area contributed by atoms with Crippen molar-refractivity contribution in [3.05, 3.63) is 168 Å². The van der Waals surface area contributed by atoms with Crippen molar-refractivity contribution < 1.29 is 19.8 Å². The molecule has 226 valence electrons. The maximum Gasteiger partial charge on any atom is 0.229 e. The number of aliphatic hydroxyl groups is 2. The van der Waals surface area contributed by atoms with Crippen molar-refractivity contribution in [2.45, 2.75) is 23.3 Å². The van der Waals surface area contributed by atoms with E-state index in [1.807, 2.05) is 146 Å². The van der Waals surface area contributed by atoms with Crippen molar-refractivity contribution in [1.29, 1.82) is 0 Å². The topological polar surface area (TPSA) is 98.7 Å². The van der Waals surface area contributed by atoms with E-state index in [2.05, 4.69) is 34.3 Å². The first-order chi connectivity index (χ1) is 22.4. The van der Waals surface area contributed by atoms with E-state index < -0.39 is 11.2 Å². The molecule has 1 fully saturated rings. The molecule has 0 spiro atoms. The molecular weight excluding hydrogens is 572 g/mol. The van der Waals surface area contributed by atoms with Gasteiger partial charge in [0.25, 0.3) is 0 Å². The number of hydrogen-bond acceptors (Lipinski definition) is 4. The van der Waals surface area contributed by atoms with Crippen LogP contribution in [0.1, 0.15) is 22.3 Å². The molecule has 4 atom stereocenters. The molecule has 5 aliphatic heterocycles. The lowest BCUT2D eigenvalue weighted by Gasteiger charge is -2.38. The largest absolute Gasteiger partial charge is 0.369 e. The van der Waals surface area contributed by atoms with E-state index in [0.29, 0.717) is 22.3 Å². The smallest absolute Gasteiger partial charge is 0.229 e. The third-order valence-electron chi connectivity index (χ3n) is 8.36. The van der Waals surface area contributed by atoms with Gasteiger partial charge in [0.15, 0.2) is 11.2 Å². The summed E-state index contributed by atoms with van der Waals surface area (Å²) in [6, 6.07) is 36.8. The zero-order valence-corrected chi connectivity index (χ0v) is 24.9. The highest BCUT2D eigenvalue weighted by molar-refractivity contribution is 5.91. The van der Waals surface area contributed by atoms with E-state index >= 15 is 0 Å². The van der Waals surface area contributed by atoms with E-state index in [1.165, 1.54) is 0 Å². The third-order valence-corrected chi connectivity index (χ3v) is 8.36. The minimum atomic E-state index is -1.52. The molecule has 1 saturated heterocycles. The van der Waals surface area contributed by atoms with Crippen molar-refractivity contribution in [1.82, 2.24) is 10.6 Å². The molecule has 46 heavy (non-hydrogen) atoms. The molecule has 0 unspecified atom stereocenters. The Balaban J connectivity index is 0.000000219. The number of nitrogens with one attached hydrogen (secondary N) is 2. The first-order valence-electron chi connectivity index (χ1n) is 15.1. The molecule has 4 aromatic carbocycles. The number of benzene rings is 4. The van der Waals surface area contributed by atoms with Gasteiger partial charge in [0.05, 0.1) is 23.9 Å². The van der Waals surface area contributed by atoms with Gasteiger partial charge < -0.3 is 20.8 Å². The SMILES string of the molecule is O=C1N[C@@H]2C=C[C@H]1[C@@H]1C=C[C@H]2C(=O)N1.OC(C#CC#CC(O)(c1ccccc1)c1ccccc1)(c1ccccc1)c1ccccc1. The van der Waals surface area contributed by atoms with Gasteiger partial charge in [0.2, 0.25) is 11.8 Å². The van der Waals surface area contributed by atoms with E-state index in [1.54, 1.807) is 0 Å². The highest BCUT2D eigenvalue weighted by Gasteiger charge is 2.41. The first-order valence-corrected chi connectivity index (χ1v) is 15.1. The number of hydrogen-bond donors (Lipinski definition) is 4. The third kappa shape index (κ3) is 6.14. The van der Waals surface area contributed by atoms with Crippen LogP contribution in [0.15, 0.2) is 146 Å². The Bertz CT molecular complexity index is 1660. The minimum Gasteiger partial charge on any atom is -0.369 e. The fraction of sp³-hybridized carbons (Fsp3) is 0.150. The fourth-order valence-electron chi connectivity index (χ4n) is 5.84. The van der Waals surface area contributed by atoms with Crippen molar-refractivity contribution in [3.63, 3.8) is 0 Å². The summed E-state index contributed by atoms with van der Waals surface area (Å²) in [4.78, 5) is 23.2. The zero-order chi connectivity index (χ0) is 32.0. The van der Waals surface area contributed by atoms with Crippen LogP contribution in [0.3, 0.4) is 0 Å². The second-order valence-corrected chi connectivity index (χ2v) is 11.3. The highest BCUT2D eigenvalue weighted by atomic mass is 16.3. The van der Waals surface area contributed by atoms with Crippen LogP contribution in [0.5, 0.6) is 0 Å². The quantitative estimate of drug-likeness (QED) is 0.207. The summed E-state index contributed by atoms with van der Waals surface area (Å²) >= 11 is 0. The number of rotatable bonds is 4. The van der Waals surface area contributed by atoms with Crippen LogP contribution in [-0.2, 0) is 20.8 Å². The Morgan fingerprint density at radius 2 is 0.739 bits per heavy atom. The maximum absolute atomic E-state index is 11.6. The average Bonchev–Trinajstić information content (AvgIpc) is 3.10. The van der Waals surface area contributed by atoms with Gasteiger partial charge in [0, 0.05) is 22.3 Å². The van der Waals surface area contributed by atoms with Crippen molar-refractivity contribution >= 4 is 11.8 Å². The molecule has 0 saturated carbocycles. The second kappa shape index (κ2) is 13.1. The predicted octanol–water partition coefficient (Wildman–Crippen LogP) is 4.21. The van der Waals surface area contributed by atoms with Gasteiger partial charge in [0.1, 0.15) is 0 Å². The molecule has 10 rings (SSSR count). The molecule has 0 radical (unpaired) electrons. The normalized spacial score (nSPS) is 20.7. The van der Waals surface area contributed by atoms with Crippen LogP contribution < -0.4 is 10.6 Å². The molecule has 6 nitrogen and oxygen atoms in total. The maximum atomic E-state index is 11.6. The van der Waals surface area contributed by atoms with Crippen molar-refractivity contribution in [3.8, 4) is 23.7 Å². The molecule has 1 aliphatic carbocycles. The van der Waals surface area contributed by atoms with E-state index in [9.17, 15) is 19.8 Å². The fourth-order valence-corrected chi connectivity index (χ4v) is 5.84. The van der Waals surface area contributed by atoms with E-state index in [4.69, 9.17) is 0 Å². The number of amides is 2. The van der Waals surface area contributed by atoms with E-state index in [-0.39, 0.29) is 35.7 Å². The molecule has 6 heteroatoms. The van der Waals surface area contributed by atoms with Crippen LogP contribution in [0.25, 0.3) is 0 Å². The summed E-state index contributed by atoms with van der Waals surface area (Å²) in [5, 5.41) is 28.7. The molecule has 6 aliphatic rings. The lowest BCUT2D eigenvalue weighted by atomic mass is 9.81. The highest BCUT2D eigenvalue weighted by Crippen LogP contribution is 2.30. The molecular formula is C40H32N2O4. The van der Waals surface area contributed by atoms with Gasteiger partial charge in [-0.05, 0) is 23.7 Å². The predicted molar refractivity (Wildman–Crippen MR) is 176 cm³/mol. The van der Waals surface area contributed by atoms with Crippen LogP contribution in [0.2, 0.25) is 0 Å². The molecule has 4 aromatic rings. The summed E-state index contributed by atoms with van der Waals surface area (Å²) in [7, 11) is 0. The Morgan fingerprint density at radius 1 is 0.457 bits per heavy atom. The van der Waals surface area contributed by atoms with Gasteiger partial charge >= 0.3 is 0 Å². The standard InChI is InChI=1S/C30H22O2.C10H10N2O2/c31-29(25-15-5-1-6-16-25,26-17-7-2-8-18-26)23-13-14-24-30(32,27-19-9-3-10-20-27)28-21-11-4-12-22-28;13-9-5-1-3-7(11-9)6-2-4-8(5)12-10(6)14/h1-12,15-22,31-32H;1-8H,(H,11,13)(H,12,14)/t;5-,6+,7+,8-. The Kier molecular flexibility index (Phi) is 8.68. The minimum absolute atomic E-state index is 0.0110. The van der Waals surface area contributed by atoms with Gasteiger partial charge in [-0.1, -0.05) is 146 Å². The van der Waals surface area contributed by atoms with Crippen molar-refractivity contribution in [2.24, 2.45) is 11.8 Å². The van der Waals surface area contributed by atoms with E-state index in [0.717, 1.165) is 0 Å². The van der Waals surface area contributed by atoms with Crippen LogP contribution in [0, 0.1) is 35.5 Å². The Morgan fingerprint density at radius 3 is 1.00 bits per heavy atom. The van der Waals surface area contributed by atoms with Crippen LogP contribution >= 0.6 is 0 Å².